The highest BCUT2D eigenvalue weighted by Gasteiger charge is 2.47. The van der Waals surface area contributed by atoms with Gasteiger partial charge >= 0.3 is 6.03 Å². The molecule has 0 aromatic heterocycles. The molecule has 2 atom stereocenters. The lowest BCUT2D eigenvalue weighted by Gasteiger charge is -2.21. The highest BCUT2D eigenvalue weighted by Crippen LogP contribution is 2.19. The van der Waals surface area contributed by atoms with Crippen LogP contribution in [0.4, 0.5) is 4.79 Å². The van der Waals surface area contributed by atoms with Crippen LogP contribution < -0.4 is 15.5 Å². The molecule has 0 radical (unpaired) electrons. The van der Waals surface area contributed by atoms with Crippen LogP contribution in [-0.4, -0.2) is 34.5 Å². The van der Waals surface area contributed by atoms with Gasteiger partial charge in [0.25, 0.3) is 11.8 Å². The third-order valence-electron chi connectivity index (χ3n) is 3.86. The van der Waals surface area contributed by atoms with Crippen LogP contribution in [0.2, 0.25) is 0 Å². The molecule has 7 heteroatoms. The number of imide groups is 1. The molecule has 1 aromatic carbocycles. The largest absolute Gasteiger partial charge is 0.481 e. The van der Waals surface area contributed by atoms with Gasteiger partial charge in [-0.25, -0.2) is 4.79 Å². The van der Waals surface area contributed by atoms with E-state index in [0.717, 1.165) is 5.56 Å². The maximum Gasteiger partial charge on any atom is 0.344 e. The number of urea groups is 1. The summed E-state index contributed by atoms with van der Waals surface area (Å²) >= 11 is 0. The fraction of sp³-hybridized carbons (Fsp3) is 0.438. The molecule has 1 aromatic rings. The van der Waals surface area contributed by atoms with Crippen LogP contribution in [0.25, 0.3) is 0 Å². The van der Waals surface area contributed by atoms with Gasteiger partial charge in [0.1, 0.15) is 11.3 Å². The number of hydrogen-bond donors (Lipinski definition) is 2. The van der Waals surface area contributed by atoms with Gasteiger partial charge in [-0.3, -0.25) is 15.0 Å². The van der Waals surface area contributed by atoms with E-state index < -0.39 is 29.5 Å². The molecular weight excluding hydrogens is 298 g/mol. The number of ether oxygens (including phenoxy) is 1. The summed E-state index contributed by atoms with van der Waals surface area (Å²) < 4.78 is 5.53. The lowest BCUT2D eigenvalue weighted by molar-refractivity contribution is -0.141. The first-order valence-electron chi connectivity index (χ1n) is 7.47. The normalized spacial score (nSPS) is 21.8. The van der Waals surface area contributed by atoms with Crippen molar-refractivity contribution in [2.24, 2.45) is 0 Å². The van der Waals surface area contributed by atoms with Crippen LogP contribution in [0.15, 0.2) is 24.3 Å². The summed E-state index contributed by atoms with van der Waals surface area (Å²) in [6.45, 7) is 6.87. The van der Waals surface area contributed by atoms with Crippen molar-refractivity contribution in [3.63, 3.8) is 0 Å². The summed E-state index contributed by atoms with van der Waals surface area (Å²) in [5, 5.41) is 3.27. The van der Waals surface area contributed by atoms with Crippen molar-refractivity contribution in [3.8, 4) is 5.75 Å². The summed E-state index contributed by atoms with van der Waals surface area (Å²) in [6, 6.07) is 6.62. The standard InChI is InChI=1S/C16H21N3O4/c1-5-16(4)14(21)19(15(22)17-16)18-13(20)11(3)23-12-8-6-7-10(2)9-12/h6-9,11H,5H2,1-4H3,(H,17,22)(H,18,20)/t11-,16+/m0/s1. The third kappa shape index (κ3) is 3.44. The fourth-order valence-corrected chi connectivity index (χ4v) is 2.17. The topological polar surface area (TPSA) is 87.7 Å². The highest BCUT2D eigenvalue weighted by molar-refractivity contribution is 6.07. The predicted molar refractivity (Wildman–Crippen MR) is 83.5 cm³/mol. The number of carbonyl (C=O) groups is 3. The van der Waals surface area contributed by atoms with E-state index in [9.17, 15) is 14.4 Å². The van der Waals surface area contributed by atoms with Gasteiger partial charge in [0.05, 0.1) is 0 Å². The first-order chi connectivity index (χ1) is 10.8. The fourth-order valence-electron chi connectivity index (χ4n) is 2.17. The number of amides is 4. The van der Waals surface area contributed by atoms with Gasteiger partial charge < -0.3 is 10.1 Å². The highest BCUT2D eigenvalue weighted by atomic mass is 16.5. The first kappa shape index (κ1) is 16.8. The van der Waals surface area contributed by atoms with Crippen molar-refractivity contribution in [1.82, 2.24) is 15.8 Å². The molecule has 1 fully saturated rings. The van der Waals surface area contributed by atoms with Gasteiger partial charge in [0.2, 0.25) is 0 Å². The SMILES string of the molecule is CC[C@@]1(C)NC(=O)N(NC(=O)[C@H](C)Oc2cccc(C)c2)C1=O. The zero-order valence-corrected chi connectivity index (χ0v) is 13.7. The van der Waals surface area contributed by atoms with Crippen LogP contribution in [0.1, 0.15) is 32.8 Å². The van der Waals surface area contributed by atoms with Crippen LogP contribution in [-0.2, 0) is 9.59 Å². The Morgan fingerprint density at radius 1 is 1.43 bits per heavy atom. The maximum absolute atomic E-state index is 12.2. The van der Waals surface area contributed by atoms with Gasteiger partial charge in [-0.2, -0.15) is 5.01 Å². The average Bonchev–Trinajstić information content (AvgIpc) is 2.71. The van der Waals surface area contributed by atoms with Crippen molar-refractivity contribution >= 4 is 17.8 Å². The smallest absolute Gasteiger partial charge is 0.344 e. The molecule has 0 saturated carbocycles. The second kappa shape index (κ2) is 6.28. The summed E-state index contributed by atoms with van der Waals surface area (Å²) in [4.78, 5) is 36.2. The predicted octanol–water partition coefficient (Wildman–Crippen LogP) is 1.51. The number of hydrogen-bond acceptors (Lipinski definition) is 4. The minimum Gasteiger partial charge on any atom is -0.481 e. The Hall–Kier alpha value is -2.57. The number of nitrogens with one attached hydrogen (secondary N) is 2. The number of benzene rings is 1. The molecule has 0 spiro atoms. The number of nitrogens with zero attached hydrogens (tertiary/aromatic N) is 1. The minimum atomic E-state index is -0.995. The van der Waals surface area contributed by atoms with Crippen LogP contribution in [0, 0.1) is 6.92 Å². The Morgan fingerprint density at radius 3 is 2.70 bits per heavy atom. The second-order valence-corrected chi connectivity index (χ2v) is 5.81. The molecule has 4 amide bonds. The molecule has 0 bridgehead atoms. The molecule has 23 heavy (non-hydrogen) atoms. The maximum atomic E-state index is 12.2. The molecule has 1 heterocycles. The van der Waals surface area contributed by atoms with Gasteiger partial charge in [0.15, 0.2) is 6.10 Å². The molecule has 0 unspecified atom stereocenters. The Morgan fingerprint density at radius 2 is 2.13 bits per heavy atom. The van der Waals surface area contributed by atoms with E-state index in [1.165, 1.54) is 0 Å². The first-order valence-corrected chi connectivity index (χ1v) is 7.47. The molecule has 1 aliphatic rings. The Bertz CT molecular complexity index is 646. The number of rotatable bonds is 5. The van der Waals surface area contributed by atoms with Gasteiger partial charge in [-0.05, 0) is 44.9 Å². The summed E-state index contributed by atoms with van der Waals surface area (Å²) in [5.74, 6) is -0.514. The van der Waals surface area contributed by atoms with Crippen molar-refractivity contribution in [2.45, 2.75) is 45.8 Å². The van der Waals surface area contributed by atoms with E-state index >= 15 is 0 Å². The molecule has 0 aliphatic carbocycles. The molecule has 124 valence electrons. The van der Waals surface area contributed by atoms with E-state index in [0.29, 0.717) is 17.2 Å². The van der Waals surface area contributed by atoms with Gasteiger partial charge in [-0.15, -0.1) is 0 Å². The number of carbonyl (C=O) groups excluding carboxylic acids is 3. The molecular formula is C16H21N3O4. The molecule has 2 rings (SSSR count). The minimum absolute atomic E-state index is 0.430. The van der Waals surface area contributed by atoms with Crippen LogP contribution in [0.3, 0.4) is 0 Å². The quantitative estimate of drug-likeness (QED) is 0.805. The summed E-state index contributed by atoms with van der Waals surface area (Å²) in [5.41, 5.74) is 2.32. The second-order valence-electron chi connectivity index (χ2n) is 5.81. The molecule has 2 N–H and O–H groups in total. The molecule has 1 aliphatic heterocycles. The third-order valence-corrected chi connectivity index (χ3v) is 3.86. The number of hydrazine groups is 1. The lowest BCUT2D eigenvalue weighted by atomic mass is 10.00. The summed E-state index contributed by atoms with van der Waals surface area (Å²) in [7, 11) is 0. The van der Waals surface area contributed by atoms with Gasteiger partial charge in [-0.1, -0.05) is 19.1 Å². The number of aryl methyl sites for hydroxylation is 1. The van der Waals surface area contributed by atoms with E-state index in [1.807, 2.05) is 19.1 Å². The van der Waals surface area contributed by atoms with Crippen molar-refractivity contribution < 1.29 is 19.1 Å². The van der Waals surface area contributed by atoms with Crippen LogP contribution in [0.5, 0.6) is 5.75 Å². The molecule has 7 nitrogen and oxygen atoms in total. The van der Waals surface area contributed by atoms with E-state index in [1.54, 1.807) is 32.9 Å². The zero-order valence-electron chi connectivity index (χ0n) is 13.7. The zero-order chi connectivity index (χ0) is 17.2. The molecule has 1 saturated heterocycles. The van der Waals surface area contributed by atoms with Crippen molar-refractivity contribution in [2.75, 3.05) is 0 Å². The summed E-state index contributed by atoms with van der Waals surface area (Å²) in [6.07, 6.45) is -0.426. The Labute approximate surface area is 135 Å². The van der Waals surface area contributed by atoms with Gasteiger partial charge in [0, 0.05) is 0 Å². The van der Waals surface area contributed by atoms with Crippen LogP contribution >= 0.6 is 0 Å². The average molecular weight is 319 g/mol. The van der Waals surface area contributed by atoms with Crippen molar-refractivity contribution in [3.05, 3.63) is 29.8 Å². The Kier molecular flexibility index (Phi) is 4.58. The monoisotopic (exact) mass is 319 g/mol. The Balaban J connectivity index is 2.01. The van der Waals surface area contributed by atoms with Crippen molar-refractivity contribution in [1.29, 1.82) is 0 Å². The van der Waals surface area contributed by atoms with E-state index in [4.69, 9.17) is 4.74 Å². The van der Waals surface area contributed by atoms with E-state index in [2.05, 4.69) is 10.7 Å². The van der Waals surface area contributed by atoms with E-state index in [-0.39, 0.29) is 0 Å². The lowest BCUT2D eigenvalue weighted by Crippen LogP contribution is -2.51.